The molecule has 0 spiro atoms. The molecule has 1 fully saturated rings. The van der Waals surface area contributed by atoms with Crippen molar-refractivity contribution in [2.24, 2.45) is 0 Å². The van der Waals surface area contributed by atoms with Gasteiger partial charge in [-0.2, -0.15) is 0 Å². The second-order valence-corrected chi connectivity index (χ2v) is 4.25. The zero-order valence-electron chi connectivity index (χ0n) is 9.69. The Morgan fingerprint density at radius 2 is 2.24 bits per heavy atom. The molecule has 0 bridgehead atoms. The van der Waals surface area contributed by atoms with E-state index >= 15 is 0 Å². The number of hydrogen-bond donors (Lipinski definition) is 1. The average molecular weight is 240 g/mol. The van der Waals surface area contributed by atoms with Crippen LogP contribution in [0.25, 0.3) is 0 Å². The summed E-state index contributed by atoms with van der Waals surface area (Å²) < 4.78 is 24.2. The lowest BCUT2D eigenvalue weighted by Crippen LogP contribution is -2.25. The predicted octanol–water partition coefficient (Wildman–Crippen LogP) is 2.27. The number of aliphatic hydroxyl groups excluding tert-OH is 1. The monoisotopic (exact) mass is 240 g/mol. The van der Waals surface area contributed by atoms with Gasteiger partial charge in [0, 0.05) is 12.7 Å². The molecule has 1 heterocycles. The maximum atomic E-state index is 13.2. The number of ether oxygens (including phenoxy) is 2. The lowest BCUT2D eigenvalue weighted by Gasteiger charge is -2.22. The molecule has 1 unspecified atom stereocenters. The van der Waals surface area contributed by atoms with Gasteiger partial charge in [-0.05, 0) is 37.0 Å². The average Bonchev–Trinajstić information content (AvgIpc) is 2.37. The fourth-order valence-corrected chi connectivity index (χ4v) is 1.92. The molecule has 1 aromatic carbocycles. The van der Waals surface area contributed by atoms with Gasteiger partial charge in [-0.15, -0.1) is 0 Å². The molecule has 0 amide bonds. The Balaban J connectivity index is 1.91. The molecule has 4 heteroatoms. The van der Waals surface area contributed by atoms with E-state index in [2.05, 4.69) is 0 Å². The van der Waals surface area contributed by atoms with Crippen LogP contribution in [0.3, 0.4) is 0 Å². The molecule has 0 aromatic heterocycles. The Morgan fingerprint density at radius 3 is 2.94 bits per heavy atom. The first kappa shape index (κ1) is 12.3. The fraction of sp³-hybridized carbons (Fsp3) is 0.538. The number of aliphatic hydroxyl groups is 1. The van der Waals surface area contributed by atoms with E-state index in [-0.39, 0.29) is 12.7 Å². The van der Waals surface area contributed by atoms with Crippen molar-refractivity contribution in [1.29, 1.82) is 0 Å². The third-order valence-electron chi connectivity index (χ3n) is 2.82. The molecule has 0 saturated carbocycles. The summed E-state index contributed by atoms with van der Waals surface area (Å²) in [6.45, 7) is 1.03. The molecule has 3 nitrogen and oxygen atoms in total. The van der Waals surface area contributed by atoms with Crippen LogP contribution in [0.15, 0.2) is 18.2 Å². The van der Waals surface area contributed by atoms with E-state index in [1.807, 2.05) is 0 Å². The highest BCUT2D eigenvalue weighted by molar-refractivity contribution is 5.29. The second kappa shape index (κ2) is 5.98. The fourth-order valence-electron chi connectivity index (χ4n) is 1.92. The molecule has 1 aliphatic rings. The molecule has 0 aliphatic carbocycles. The van der Waals surface area contributed by atoms with Gasteiger partial charge in [-0.3, -0.25) is 0 Å². The molecule has 1 aromatic rings. The summed E-state index contributed by atoms with van der Waals surface area (Å²) in [5.41, 5.74) is 0.518. The summed E-state index contributed by atoms with van der Waals surface area (Å²) >= 11 is 0. The van der Waals surface area contributed by atoms with Crippen LogP contribution in [0.5, 0.6) is 5.75 Å². The molecular formula is C13H17FO3. The standard InChI is InChI=1S/C13H17FO3/c14-11-5-10(8-15)6-13(7-11)17-9-12-3-1-2-4-16-12/h5-7,12,15H,1-4,8-9H2. The zero-order valence-corrected chi connectivity index (χ0v) is 9.69. The first-order valence-corrected chi connectivity index (χ1v) is 5.92. The minimum atomic E-state index is -0.392. The van der Waals surface area contributed by atoms with E-state index in [9.17, 15) is 4.39 Å². The van der Waals surface area contributed by atoms with E-state index in [0.717, 1.165) is 25.9 Å². The second-order valence-electron chi connectivity index (χ2n) is 4.25. The normalized spacial score (nSPS) is 20.2. The molecule has 0 radical (unpaired) electrons. The van der Waals surface area contributed by atoms with Gasteiger partial charge in [-0.25, -0.2) is 4.39 Å². The predicted molar refractivity (Wildman–Crippen MR) is 61.4 cm³/mol. The van der Waals surface area contributed by atoms with Crippen molar-refractivity contribution in [3.8, 4) is 5.75 Å². The van der Waals surface area contributed by atoms with E-state index in [1.54, 1.807) is 6.07 Å². The summed E-state index contributed by atoms with van der Waals surface area (Å²) in [5, 5.41) is 8.96. The number of rotatable bonds is 4. The molecule has 94 valence electrons. The Labute approximate surface area is 100 Å². The van der Waals surface area contributed by atoms with Crippen LogP contribution < -0.4 is 4.74 Å². The highest BCUT2D eigenvalue weighted by Crippen LogP contribution is 2.19. The Hall–Kier alpha value is -1.13. The third-order valence-corrected chi connectivity index (χ3v) is 2.82. The van der Waals surface area contributed by atoms with Crippen LogP contribution in [-0.4, -0.2) is 24.4 Å². The summed E-state index contributed by atoms with van der Waals surface area (Å²) in [4.78, 5) is 0. The van der Waals surface area contributed by atoms with E-state index in [1.165, 1.54) is 12.1 Å². The molecule has 1 N–H and O–H groups in total. The van der Waals surface area contributed by atoms with Crippen molar-refractivity contribution < 1.29 is 19.0 Å². The van der Waals surface area contributed by atoms with Crippen molar-refractivity contribution in [2.45, 2.75) is 32.0 Å². The molecule has 2 rings (SSSR count). The summed E-state index contributed by atoms with van der Waals surface area (Å²) in [6.07, 6.45) is 3.34. The first-order chi connectivity index (χ1) is 8.28. The maximum Gasteiger partial charge on any atom is 0.127 e. The van der Waals surface area contributed by atoms with Gasteiger partial charge in [0.15, 0.2) is 0 Å². The van der Waals surface area contributed by atoms with Crippen molar-refractivity contribution >= 4 is 0 Å². The number of benzene rings is 1. The van der Waals surface area contributed by atoms with Crippen LogP contribution in [0.4, 0.5) is 4.39 Å². The van der Waals surface area contributed by atoms with Crippen LogP contribution in [-0.2, 0) is 11.3 Å². The number of hydrogen-bond acceptors (Lipinski definition) is 3. The topological polar surface area (TPSA) is 38.7 Å². The van der Waals surface area contributed by atoms with Crippen LogP contribution in [0.2, 0.25) is 0 Å². The SMILES string of the molecule is OCc1cc(F)cc(OCC2CCCCO2)c1. The van der Waals surface area contributed by atoms with Crippen LogP contribution >= 0.6 is 0 Å². The van der Waals surface area contributed by atoms with Crippen molar-refractivity contribution in [1.82, 2.24) is 0 Å². The quantitative estimate of drug-likeness (QED) is 0.877. The van der Waals surface area contributed by atoms with Gasteiger partial charge in [0.25, 0.3) is 0 Å². The lowest BCUT2D eigenvalue weighted by molar-refractivity contribution is -0.0111. The first-order valence-electron chi connectivity index (χ1n) is 5.92. The van der Waals surface area contributed by atoms with Gasteiger partial charge >= 0.3 is 0 Å². The molecule has 17 heavy (non-hydrogen) atoms. The van der Waals surface area contributed by atoms with Gasteiger partial charge in [-0.1, -0.05) is 0 Å². The minimum absolute atomic E-state index is 0.101. The maximum absolute atomic E-state index is 13.2. The van der Waals surface area contributed by atoms with E-state index < -0.39 is 5.82 Å². The molecule has 1 aliphatic heterocycles. The van der Waals surface area contributed by atoms with Crippen LogP contribution in [0, 0.1) is 5.82 Å². The highest BCUT2D eigenvalue weighted by Gasteiger charge is 2.14. The minimum Gasteiger partial charge on any atom is -0.491 e. The van der Waals surface area contributed by atoms with Gasteiger partial charge in [0.2, 0.25) is 0 Å². The van der Waals surface area contributed by atoms with Crippen molar-refractivity contribution in [3.63, 3.8) is 0 Å². The summed E-state index contributed by atoms with van der Waals surface area (Å²) in [7, 11) is 0. The Bertz CT molecular complexity index is 362. The summed E-state index contributed by atoms with van der Waals surface area (Å²) in [6, 6.07) is 4.26. The Morgan fingerprint density at radius 1 is 1.35 bits per heavy atom. The van der Waals surface area contributed by atoms with E-state index in [4.69, 9.17) is 14.6 Å². The highest BCUT2D eigenvalue weighted by atomic mass is 19.1. The van der Waals surface area contributed by atoms with E-state index in [0.29, 0.717) is 17.9 Å². The Kier molecular flexibility index (Phi) is 4.34. The van der Waals surface area contributed by atoms with Crippen LogP contribution in [0.1, 0.15) is 24.8 Å². The lowest BCUT2D eigenvalue weighted by atomic mass is 10.1. The van der Waals surface area contributed by atoms with Crippen molar-refractivity contribution in [2.75, 3.05) is 13.2 Å². The third kappa shape index (κ3) is 3.68. The smallest absolute Gasteiger partial charge is 0.127 e. The molecule has 1 atom stereocenters. The molecular weight excluding hydrogens is 223 g/mol. The van der Waals surface area contributed by atoms with Gasteiger partial charge in [0.1, 0.15) is 18.2 Å². The van der Waals surface area contributed by atoms with Gasteiger partial charge < -0.3 is 14.6 Å². The number of halogens is 1. The zero-order chi connectivity index (χ0) is 12.1. The van der Waals surface area contributed by atoms with Crippen molar-refractivity contribution in [3.05, 3.63) is 29.6 Å². The summed E-state index contributed by atoms with van der Waals surface area (Å²) in [5.74, 6) is 0.0549. The van der Waals surface area contributed by atoms with Gasteiger partial charge in [0.05, 0.1) is 12.7 Å². The molecule has 1 saturated heterocycles. The largest absolute Gasteiger partial charge is 0.491 e.